The third kappa shape index (κ3) is 4.09. The third-order valence-electron chi connectivity index (χ3n) is 3.25. The van der Waals surface area contributed by atoms with Crippen molar-refractivity contribution in [1.82, 2.24) is 4.37 Å². The molecule has 0 fully saturated rings. The van der Waals surface area contributed by atoms with E-state index in [9.17, 15) is 4.79 Å². The van der Waals surface area contributed by atoms with Crippen LogP contribution < -0.4 is 11.1 Å². The van der Waals surface area contributed by atoms with Crippen LogP contribution in [0.4, 0.5) is 10.8 Å². The lowest BCUT2D eigenvalue weighted by Crippen LogP contribution is -2.25. The Kier molecular flexibility index (Phi) is 5.17. The number of nitrogens with two attached hydrogens (primary N) is 1. The first-order valence-corrected chi connectivity index (χ1v) is 7.20. The summed E-state index contributed by atoms with van der Waals surface area (Å²) >= 11 is 1.20. The summed E-state index contributed by atoms with van der Waals surface area (Å²) in [5, 5.41) is 3.94. The summed E-state index contributed by atoms with van der Waals surface area (Å²) in [7, 11) is 0. The van der Waals surface area contributed by atoms with E-state index in [0.29, 0.717) is 23.1 Å². The molecule has 1 heterocycles. The van der Waals surface area contributed by atoms with Crippen LogP contribution in [0.3, 0.4) is 0 Å². The summed E-state index contributed by atoms with van der Waals surface area (Å²) in [4.78, 5) is 11.8. The number of anilines is 2. The van der Waals surface area contributed by atoms with Crippen LogP contribution in [0.1, 0.15) is 45.0 Å². The Morgan fingerprint density at radius 1 is 1.53 bits per heavy atom. The predicted octanol–water partition coefficient (Wildman–Crippen LogP) is 3.00. The quantitative estimate of drug-likeness (QED) is 0.813. The van der Waals surface area contributed by atoms with Crippen LogP contribution in [0.5, 0.6) is 0 Å². The van der Waals surface area contributed by atoms with Crippen LogP contribution in [0.25, 0.3) is 0 Å². The smallest absolute Gasteiger partial charge is 0.344 e. The molecule has 6 heteroatoms. The zero-order valence-corrected chi connectivity index (χ0v) is 13.1. The van der Waals surface area contributed by atoms with Crippen molar-refractivity contribution in [2.24, 2.45) is 11.3 Å². The zero-order chi connectivity index (χ0) is 14.6. The van der Waals surface area contributed by atoms with Crippen molar-refractivity contribution in [2.75, 3.05) is 24.2 Å². The molecule has 1 aromatic heterocycles. The van der Waals surface area contributed by atoms with Gasteiger partial charge in [0.1, 0.15) is 10.6 Å². The van der Waals surface area contributed by atoms with Gasteiger partial charge in [0, 0.05) is 6.54 Å². The van der Waals surface area contributed by atoms with E-state index in [-0.39, 0.29) is 11.2 Å². The average Bonchev–Trinajstić information content (AvgIpc) is 2.66. The summed E-state index contributed by atoms with van der Waals surface area (Å²) in [6.45, 7) is 11.6. The molecule has 0 saturated carbocycles. The first-order chi connectivity index (χ1) is 8.77. The number of esters is 1. The van der Waals surface area contributed by atoms with Gasteiger partial charge in [0.2, 0.25) is 0 Å². The summed E-state index contributed by atoms with van der Waals surface area (Å²) in [6, 6.07) is 0. The van der Waals surface area contributed by atoms with Gasteiger partial charge in [-0.05, 0) is 29.8 Å². The molecule has 0 saturated heterocycles. The Labute approximate surface area is 118 Å². The topological polar surface area (TPSA) is 77.2 Å². The van der Waals surface area contributed by atoms with Gasteiger partial charge in [0.25, 0.3) is 0 Å². The standard InChI is InChI=1S/C13H23N3O2S/c1-6-18-12(17)9-10(14)16-19-11(9)15-7-8(2)13(3,4)5/h8,15H,6-7H2,1-5H3,(H2,14,16). The maximum Gasteiger partial charge on any atom is 0.344 e. The van der Waals surface area contributed by atoms with Crippen LogP contribution in [0.15, 0.2) is 0 Å². The number of carbonyl (C=O) groups is 1. The number of nitrogens with zero attached hydrogens (tertiary/aromatic N) is 1. The van der Waals surface area contributed by atoms with Crippen LogP contribution in [-0.2, 0) is 4.74 Å². The van der Waals surface area contributed by atoms with Crippen LogP contribution in [0.2, 0.25) is 0 Å². The van der Waals surface area contributed by atoms with Gasteiger partial charge in [-0.15, -0.1) is 0 Å². The van der Waals surface area contributed by atoms with E-state index in [1.54, 1.807) is 6.92 Å². The number of aromatic nitrogens is 1. The second kappa shape index (κ2) is 6.23. The maximum atomic E-state index is 11.8. The number of hydrogen-bond acceptors (Lipinski definition) is 6. The number of rotatable bonds is 5. The zero-order valence-electron chi connectivity index (χ0n) is 12.2. The van der Waals surface area contributed by atoms with Gasteiger partial charge in [-0.25, -0.2) is 4.79 Å². The molecule has 1 aromatic rings. The number of nitrogen functional groups attached to an aromatic ring is 1. The minimum absolute atomic E-state index is 0.202. The Morgan fingerprint density at radius 2 is 2.16 bits per heavy atom. The van der Waals surface area contributed by atoms with Crippen molar-refractivity contribution in [3.05, 3.63) is 5.56 Å². The van der Waals surface area contributed by atoms with Gasteiger partial charge in [-0.1, -0.05) is 27.7 Å². The number of nitrogens with one attached hydrogen (secondary N) is 1. The van der Waals surface area contributed by atoms with Gasteiger partial charge in [-0.2, -0.15) is 4.37 Å². The van der Waals surface area contributed by atoms with E-state index in [1.165, 1.54) is 11.5 Å². The van der Waals surface area contributed by atoms with Crippen molar-refractivity contribution in [3.8, 4) is 0 Å². The summed E-state index contributed by atoms with van der Waals surface area (Å²) in [6.07, 6.45) is 0. The van der Waals surface area contributed by atoms with Gasteiger partial charge in [0.05, 0.1) is 6.61 Å². The van der Waals surface area contributed by atoms with E-state index >= 15 is 0 Å². The van der Waals surface area contributed by atoms with Crippen molar-refractivity contribution < 1.29 is 9.53 Å². The van der Waals surface area contributed by atoms with E-state index in [1.807, 2.05) is 0 Å². The summed E-state index contributed by atoms with van der Waals surface area (Å²) < 4.78 is 9.01. The van der Waals surface area contributed by atoms with E-state index in [2.05, 4.69) is 37.4 Å². The lowest BCUT2D eigenvalue weighted by Gasteiger charge is -2.27. The molecule has 3 N–H and O–H groups in total. The molecule has 0 amide bonds. The van der Waals surface area contributed by atoms with Crippen LogP contribution in [0, 0.1) is 11.3 Å². The van der Waals surface area contributed by atoms with E-state index in [0.717, 1.165) is 6.54 Å². The molecule has 0 radical (unpaired) electrons. The second-order valence-corrected chi connectivity index (χ2v) is 6.41. The molecule has 5 nitrogen and oxygen atoms in total. The lowest BCUT2D eigenvalue weighted by atomic mass is 9.82. The van der Waals surface area contributed by atoms with Crippen molar-refractivity contribution >= 4 is 28.3 Å². The molecule has 0 aliphatic heterocycles. The fraction of sp³-hybridized carbons (Fsp3) is 0.692. The highest BCUT2D eigenvalue weighted by atomic mass is 32.1. The van der Waals surface area contributed by atoms with Gasteiger partial charge in [0.15, 0.2) is 5.82 Å². The molecule has 0 aliphatic rings. The SMILES string of the molecule is CCOC(=O)c1c(N)nsc1NCC(C)C(C)(C)C. The molecule has 0 aromatic carbocycles. The van der Waals surface area contributed by atoms with E-state index in [4.69, 9.17) is 10.5 Å². The predicted molar refractivity (Wildman–Crippen MR) is 79.6 cm³/mol. The monoisotopic (exact) mass is 285 g/mol. The Hall–Kier alpha value is -1.30. The van der Waals surface area contributed by atoms with Crippen LogP contribution in [-0.4, -0.2) is 23.5 Å². The number of carbonyl (C=O) groups excluding carboxylic acids is 1. The lowest BCUT2D eigenvalue weighted by molar-refractivity contribution is 0.0529. The molecule has 108 valence electrons. The molecule has 19 heavy (non-hydrogen) atoms. The minimum atomic E-state index is -0.417. The van der Waals surface area contributed by atoms with Crippen molar-refractivity contribution in [1.29, 1.82) is 0 Å². The third-order valence-corrected chi connectivity index (χ3v) is 4.06. The van der Waals surface area contributed by atoms with E-state index < -0.39 is 5.97 Å². The largest absolute Gasteiger partial charge is 0.462 e. The summed E-state index contributed by atoms with van der Waals surface area (Å²) in [5.74, 6) is 0.264. The van der Waals surface area contributed by atoms with Crippen molar-refractivity contribution in [3.63, 3.8) is 0 Å². The minimum Gasteiger partial charge on any atom is -0.462 e. The highest BCUT2D eigenvalue weighted by molar-refractivity contribution is 7.11. The van der Waals surface area contributed by atoms with Crippen molar-refractivity contribution in [2.45, 2.75) is 34.6 Å². The fourth-order valence-electron chi connectivity index (χ4n) is 1.38. The Balaban J connectivity index is 2.77. The first-order valence-electron chi connectivity index (χ1n) is 6.43. The molecule has 0 bridgehead atoms. The fourth-order valence-corrected chi connectivity index (χ4v) is 2.08. The Morgan fingerprint density at radius 3 is 2.68 bits per heavy atom. The average molecular weight is 285 g/mol. The number of hydrogen-bond donors (Lipinski definition) is 2. The normalized spacial score (nSPS) is 13.1. The molecule has 1 rings (SSSR count). The molecular weight excluding hydrogens is 262 g/mol. The molecule has 0 aliphatic carbocycles. The second-order valence-electron chi connectivity index (χ2n) is 5.64. The molecular formula is C13H23N3O2S. The van der Waals surface area contributed by atoms with Gasteiger partial charge in [-0.3, -0.25) is 0 Å². The van der Waals surface area contributed by atoms with Gasteiger partial charge >= 0.3 is 5.97 Å². The maximum absolute atomic E-state index is 11.8. The Bertz CT molecular complexity index is 438. The highest BCUT2D eigenvalue weighted by Gasteiger charge is 2.23. The summed E-state index contributed by atoms with van der Waals surface area (Å²) in [5.41, 5.74) is 6.28. The van der Waals surface area contributed by atoms with Crippen LogP contribution >= 0.6 is 11.5 Å². The number of ether oxygens (including phenoxy) is 1. The first kappa shape index (κ1) is 15.8. The molecule has 1 unspecified atom stereocenters. The highest BCUT2D eigenvalue weighted by Crippen LogP contribution is 2.30. The molecule has 0 spiro atoms. The van der Waals surface area contributed by atoms with Gasteiger partial charge < -0.3 is 15.8 Å². The molecule has 1 atom stereocenters.